The van der Waals surface area contributed by atoms with Gasteiger partial charge < -0.3 is 9.84 Å². The van der Waals surface area contributed by atoms with Crippen molar-refractivity contribution in [2.24, 2.45) is 0 Å². The van der Waals surface area contributed by atoms with Crippen molar-refractivity contribution < 1.29 is 9.32 Å². The summed E-state index contributed by atoms with van der Waals surface area (Å²) in [6, 6.07) is 8.84. The molecule has 0 saturated heterocycles. The Balaban J connectivity index is 1.71. The predicted molar refractivity (Wildman–Crippen MR) is 96.8 cm³/mol. The van der Waals surface area contributed by atoms with Crippen LogP contribution in [0.5, 0.6) is 0 Å². The molecular formula is C18H14N4O2S. The minimum absolute atomic E-state index is 0.209. The van der Waals surface area contributed by atoms with Crippen LogP contribution in [0.3, 0.4) is 0 Å². The fourth-order valence-corrected chi connectivity index (χ4v) is 3.15. The second kappa shape index (κ2) is 6.10. The average Bonchev–Trinajstić information content (AvgIpc) is 3.22. The molecule has 0 spiro atoms. The Bertz CT molecular complexity index is 1080. The Labute approximate surface area is 147 Å². The summed E-state index contributed by atoms with van der Waals surface area (Å²) in [6.45, 7) is 3.78. The van der Waals surface area contributed by atoms with E-state index in [1.54, 1.807) is 41.8 Å². The van der Waals surface area contributed by atoms with Gasteiger partial charge in [0.1, 0.15) is 11.4 Å². The van der Waals surface area contributed by atoms with Crippen LogP contribution in [-0.2, 0) is 0 Å². The number of aryl methyl sites for hydroxylation is 2. The number of carbonyl (C=O) groups is 1. The number of pyridine rings is 1. The van der Waals surface area contributed by atoms with E-state index in [0.717, 1.165) is 21.8 Å². The van der Waals surface area contributed by atoms with E-state index in [-0.39, 0.29) is 5.91 Å². The Morgan fingerprint density at radius 3 is 2.88 bits per heavy atom. The first kappa shape index (κ1) is 15.5. The molecule has 4 rings (SSSR count). The monoisotopic (exact) mass is 350 g/mol. The van der Waals surface area contributed by atoms with Crippen LogP contribution in [0.25, 0.3) is 22.4 Å². The van der Waals surface area contributed by atoms with Crippen molar-refractivity contribution in [2.45, 2.75) is 13.8 Å². The van der Waals surface area contributed by atoms with Gasteiger partial charge in [0.2, 0.25) is 0 Å². The molecule has 0 saturated carbocycles. The normalized spacial score (nSPS) is 11.0. The summed E-state index contributed by atoms with van der Waals surface area (Å²) in [5.41, 5.74) is 3.99. The molecule has 1 amide bonds. The number of fused-ring (bicyclic) bond motifs is 1. The molecular weight excluding hydrogens is 336 g/mol. The Morgan fingerprint density at radius 2 is 2.12 bits per heavy atom. The lowest BCUT2D eigenvalue weighted by atomic mass is 10.1. The predicted octanol–water partition coefficient (Wildman–Crippen LogP) is 4.22. The molecule has 0 atom stereocenters. The lowest BCUT2D eigenvalue weighted by Gasteiger charge is -2.07. The van der Waals surface area contributed by atoms with Crippen molar-refractivity contribution >= 4 is 33.9 Å². The van der Waals surface area contributed by atoms with E-state index in [1.807, 2.05) is 25.3 Å². The van der Waals surface area contributed by atoms with Gasteiger partial charge in [-0.3, -0.25) is 9.78 Å². The molecule has 6 nitrogen and oxygen atoms in total. The third-order valence-electron chi connectivity index (χ3n) is 3.85. The van der Waals surface area contributed by atoms with Gasteiger partial charge >= 0.3 is 0 Å². The molecule has 124 valence electrons. The highest BCUT2D eigenvalue weighted by molar-refractivity contribution is 7.09. The first-order valence-electron chi connectivity index (χ1n) is 7.67. The molecule has 1 N–H and O–H groups in total. The quantitative estimate of drug-likeness (QED) is 0.598. The number of rotatable bonds is 3. The van der Waals surface area contributed by atoms with Crippen LogP contribution in [0.1, 0.15) is 21.1 Å². The van der Waals surface area contributed by atoms with Crippen LogP contribution in [0.15, 0.2) is 46.4 Å². The van der Waals surface area contributed by atoms with E-state index in [1.165, 1.54) is 0 Å². The molecule has 25 heavy (non-hydrogen) atoms. The Morgan fingerprint density at radius 1 is 1.24 bits per heavy atom. The number of benzene rings is 1. The van der Waals surface area contributed by atoms with Gasteiger partial charge in [0.15, 0.2) is 5.58 Å². The second-order valence-electron chi connectivity index (χ2n) is 5.58. The number of amides is 1. The number of anilines is 1. The summed E-state index contributed by atoms with van der Waals surface area (Å²) in [5.74, 6) is -0.209. The van der Waals surface area contributed by atoms with E-state index < -0.39 is 0 Å². The molecule has 0 aliphatic heterocycles. The minimum Gasteiger partial charge on any atom is -0.356 e. The molecule has 0 bridgehead atoms. The fraction of sp³-hybridized carbons (Fsp3) is 0.111. The van der Waals surface area contributed by atoms with E-state index in [2.05, 4.69) is 20.4 Å². The summed E-state index contributed by atoms with van der Waals surface area (Å²) in [6.07, 6.45) is 1.69. The lowest BCUT2D eigenvalue weighted by molar-refractivity contribution is 0.102. The Kier molecular flexibility index (Phi) is 3.77. The molecule has 3 aromatic heterocycles. The summed E-state index contributed by atoms with van der Waals surface area (Å²) in [4.78, 5) is 21.2. The van der Waals surface area contributed by atoms with Gasteiger partial charge in [-0.25, -0.2) is 4.98 Å². The fourth-order valence-electron chi connectivity index (χ4n) is 2.55. The summed E-state index contributed by atoms with van der Waals surface area (Å²) in [5, 5.41) is 10.6. The molecule has 0 fully saturated rings. The average molecular weight is 350 g/mol. The van der Waals surface area contributed by atoms with Crippen molar-refractivity contribution in [2.75, 3.05) is 5.32 Å². The number of nitrogens with zero attached hydrogens (tertiary/aromatic N) is 3. The molecule has 0 unspecified atom stereocenters. The zero-order valence-electron chi connectivity index (χ0n) is 13.6. The van der Waals surface area contributed by atoms with Crippen molar-refractivity contribution in [3.8, 4) is 11.4 Å². The van der Waals surface area contributed by atoms with Gasteiger partial charge in [0, 0.05) is 17.1 Å². The van der Waals surface area contributed by atoms with Crippen LogP contribution in [0, 0.1) is 13.8 Å². The van der Waals surface area contributed by atoms with Crippen LogP contribution >= 0.6 is 11.3 Å². The number of thiazole rings is 1. The van der Waals surface area contributed by atoms with Gasteiger partial charge in [0.05, 0.1) is 21.8 Å². The maximum Gasteiger partial charge on any atom is 0.255 e. The maximum absolute atomic E-state index is 12.6. The number of hydrogen-bond donors (Lipinski definition) is 1. The van der Waals surface area contributed by atoms with Gasteiger partial charge in [-0.2, -0.15) is 0 Å². The highest BCUT2D eigenvalue weighted by atomic mass is 32.1. The van der Waals surface area contributed by atoms with E-state index in [9.17, 15) is 4.79 Å². The van der Waals surface area contributed by atoms with Crippen molar-refractivity contribution in [1.82, 2.24) is 15.1 Å². The topological polar surface area (TPSA) is 80.9 Å². The third kappa shape index (κ3) is 2.89. The summed E-state index contributed by atoms with van der Waals surface area (Å²) in [7, 11) is 0. The number of aromatic nitrogens is 3. The highest BCUT2D eigenvalue weighted by Gasteiger charge is 2.16. The molecule has 0 aliphatic carbocycles. The number of hydrogen-bond acceptors (Lipinski definition) is 6. The van der Waals surface area contributed by atoms with E-state index >= 15 is 0 Å². The molecule has 0 radical (unpaired) electrons. The van der Waals surface area contributed by atoms with Crippen LogP contribution in [0.2, 0.25) is 0 Å². The molecule has 0 aliphatic rings. The lowest BCUT2D eigenvalue weighted by Crippen LogP contribution is -2.13. The van der Waals surface area contributed by atoms with Crippen LogP contribution in [0.4, 0.5) is 5.69 Å². The SMILES string of the molecule is Cc1nc(-c2noc3ccc(C(=O)Nc4cccnc4C)cc23)cs1. The molecule has 7 heteroatoms. The molecule has 1 aromatic carbocycles. The molecule has 3 heterocycles. The van der Waals surface area contributed by atoms with Crippen molar-refractivity contribution in [1.29, 1.82) is 0 Å². The van der Waals surface area contributed by atoms with Crippen LogP contribution in [-0.4, -0.2) is 21.0 Å². The zero-order valence-corrected chi connectivity index (χ0v) is 14.4. The first-order valence-corrected chi connectivity index (χ1v) is 8.54. The second-order valence-corrected chi connectivity index (χ2v) is 6.65. The zero-order chi connectivity index (χ0) is 17.4. The minimum atomic E-state index is -0.209. The first-order chi connectivity index (χ1) is 12.1. The maximum atomic E-state index is 12.6. The number of nitrogens with one attached hydrogen (secondary N) is 1. The van der Waals surface area contributed by atoms with E-state index in [0.29, 0.717) is 22.5 Å². The van der Waals surface area contributed by atoms with Crippen molar-refractivity contribution in [3.63, 3.8) is 0 Å². The van der Waals surface area contributed by atoms with Gasteiger partial charge in [-0.15, -0.1) is 11.3 Å². The number of carbonyl (C=O) groups excluding carboxylic acids is 1. The third-order valence-corrected chi connectivity index (χ3v) is 4.62. The van der Waals surface area contributed by atoms with Crippen LogP contribution < -0.4 is 5.32 Å². The van der Waals surface area contributed by atoms with Crippen molar-refractivity contribution in [3.05, 3.63) is 58.2 Å². The summed E-state index contributed by atoms with van der Waals surface area (Å²) >= 11 is 1.55. The van der Waals surface area contributed by atoms with Gasteiger partial charge in [0.25, 0.3) is 5.91 Å². The Hall–Kier alpha value is -3.06. The molecule has 4 aromatic rings. The van der Waals surface area contributed by atoms with Gasteiger partial charge in [-0.05, 0) is 44.2 Å². The van der Waals surface area contributed by atoms with E-state index in [4.69, 9.17) is 4.52 Å². The largest absolute Gasteiger partial charge is 0.356 e. The smallest absolute Gasteiger partial charge is 0.255 e. The summed E-state index contributed by atoms with van der Waals surface area (Å²) < 4.78 is 5.36. The highest BCUT2D eigenvalue weighted by Crippen LogP contribution is 2.29. The van der Waals surface area contributed by atoms with Gasteiger partial charge in [-0.1, -0.05) is 5.16 Å². The standard InChI is InChI=1S/C18H14N4O2S/c1-10-14(4-3-7-19-10)21-18(23)12-5-6-16-13(8-12)17(22-24-16)15-9-25-11(2)20-15/h3-9H,1-2H3,(H,21,23).